The summed E-state index contributed by atoms with van der Waals surface area (Å²) in [6.45, 7) is 2.57. The smallest absolute Gasteiger partial charge is 0.255 e. The Kier molecular flexibility index (Phi) is 3.96. The third-order valence-electron chi connectivity index (χ3n) is 3.92. The van der Waals surface area contributed by atoms with E-state index in [2.05, 4.69) is 20.4 Å². The number of hydrogen-bond donors (Lipinski definition) is 1. The van der Waals surface area contributed by atoms with E-state index in [1.54, 1.807) is 29.9 Å². The zero-order valence-electron chi connectivity index (χ0n) is 12.9. The van der Waals surface area contributed by atoms with Crippen molar-refractivity contribution < 1.29 is 4.79 Å². The van der Waals surface area contributed by atoms with E-state index in [9.17, 15) is 4.79 Å². The molecule has 0 saturated heterocycles. The molecule has 1 aliphatic heterocycles. The molecule has 0 atom stereocenters. The quantitative estimate of drug-likeness (QED) is 0.786. The first-order valence-electron chi connectivity index (χ1n) is 7.66. The fraction of sp³-hybridized carbons (Fsp3) is 0.250. The summed E-state index contributed by atoms with van der Waals surface area (Å²) in [5.74, 6) is 0.806. The van der Waals surface area contributed by atoms with Crippen LogP contribution in [0, 0.1) is 0 Å². The second-order valence-electron chi connectivity index (χ2n) is 5.53. The average molecular weight is 340 g/mol. The van der Waals surface area contributed by atoms with Crippen LogP contribution in [-0.2, 0) is 19.6 Å². The molecule has 0 spiro atoms. The summed E-state index contributed by atoms with van der Waals surface area (Å²) >= 11 is 1.54. The lowest BCUT2D eigenvalue weighted by atomic mass is 10.2. The maximum Gasteiger partial charge on any atom is 0.255 e. The number of nitrogens with one attached hydrogen (secondary N) is 1. The molecule has 0 aliphatic carbocycles. The van der Waals surface area contributed by atoms with E-state index < -0.39 is 0 Å². The molecule has 1 amide bonds. The molecule has 8 heteroatoms. The van der Waals surface area contributed by atoms with Gasteiger partial charge >= 0.3 is 0 Å². The topological polar surface area (TPSA) is 75.9 Å². The SMILES string of the molecule is O=C(c1ccsc1)N1CCn2nc(CNc3cnccn3)cc2C1. The van der Waals surface area contributed by atoms with Crippen molar-refractivity contribution in [3.8, 4) is 0 Å². The van der Waals surface area contributed by atoms with Crippen LogP contribution in [-0.4, -0.2) is 37.1 Å². The van der Waals surface area contributed by atoms with Crippen LogP contribution in [0.2, 0.25) is 0 Å². The van der Waals surface area contributed by atoms with Crippen molar-refractivity contribution >= 4 is 23.1 Å². The van der Waals surface area contributed by atoms with Crippen molar-refractivity contribution in [2.24, 2.45) is 0 Å². The summed E-state index contributed by atoms with van der Waals surface area (Å²) in [5, 5.41) is 11.6. The Balaban J connectivity index is 1.43. The third-order valence-corrected chi connectivity index (χ3v) is 4.60. The van der Waals surface area contributed by atoms with E-state index in [-0.39, 0.29) is 5.91 Å². The van der Waals surface area contributed by atoms with E-state index in [0.717, 1.165) is 29.3 Å². The molecule has 0 saturated carbocycles. The van der Waals surface area contributed by atoms with Crippen LogP contribution in [0.1, 0.15) is 21.7 Å². The minimum Gasteiger partial charge on any atom is -0.363 e. The summed E-state index contributed by atoms with van der Waals surface area (Å²) in [5.41, 5.74) is 2.75. The Bertz CT molecular complexity index is 830. The summed E-state index contributed by atoms with van der Waals surface area (Å²) in [6.07, 6.45) is 4.96. The Labute approximate surface area is 143 Å². The van der Waals surface area contributed by atoms with Crippen molar-refractivity contribution in [3.63, 3.8) is 0 Å². The number of anilines is 1. The number of rotatable bonds is 4. The summed E-state index contributed by atoms with van der Waals surface area (Å²) < 4.78 is 1.98. The fourth-order valence-electron chi connectivity index (χ4n) is 2.73. The van der Waals surface area contributed by atoms with Crippen LogP contribution in [0.15, 0.2) is 41.5 Å². The molecular formula is C16H16N6OS. The molecule has 4 heterocycles. The predicted molar refractivity (Wildman–Crippen MR) is 90.6 cm³/mol. The summed E-state index contributed by atoms with van der Waals surface area (Å²) in [4.78, 5) is 22.5. The largest absolute Gasteiger partial charge is 0.363 e. The Morgan fingerprint density at radius 2 is 2.29 bits per heavy atom. The minimum atomic E-state index is 0.0861. The molecule has 0 aromatic carbocycles. The van der Waals surface area contributed by atoms with Gasteiger partial charge in [0.2, 0.25) is 0 Å². The van der Waals surface area contributed by atoms with Crippen LogP contribution in [0.25, 0.3) is 0 Å². The first-order chi connectivity index (χ1) is 11.8. The summed E-state index contributed by atoms with van der Waals surface area (Å²) in [7, 11) is 0. The molecule has 0 radical (unpaired) electrons. The van der Waals surface area contributed by atoms with Crippen molar-refractivity contribution in [3.05, 3.63) is 58.4 Å². The van der Waals surface area contributed by atoms with Gasteiger partial charge in [0.1, 0.15) is 5.82 Å². The number of fused-ring (bicyclic) bond motifs is 1. The molecule has 0 bridgehead atoms. The van der Waals surface area contributed by atoms with Gasteiger partial charge in [-0.15, -0.1) is 0 Å². The number of thiophene rings is 1. The van der Waals surface area contributed by atoms with Gasteiger partial charge in [0.25, 0.3) is 5.91 Å². The van der Waals surface area contributed by atoms with E-state index in [1.807, 2.05) is 32.5 Å². The maximum atomic E-state index is 12.5. The molecule has 3 aromatic rings. The Morgan fingerprint density at radius 1 is 1.33 bits per heavy atom. The highest BCUT2D eigenvalue weighted by molar-refractivity contribution is 7.08. The van der Waals surface area contributed by atoms with Crippen LogP contribution in [0.5, 0.6) is 0 Å². The van der Waals surface area contributed by atoms with Crippen LogP contribution in [0.3, 0.4) is 0 Å². The van der Waals surface area contributed by atoms with Crippen LogP contribution in [0.4, 0.5) is 5.82 Å². The van der Waals surface area contributed by atoms with Gasteiger partial charge in [0, 0.05) is 24.3 Å². The normalized spacial score (nSPS) is 13.6. The zero-order valence-corrected chi connectivity index (χ0v) is 13.7. The van der Waals surface area contributed by atoms with Gasteiger partial charge in [-0.1, -0.05) is 0 Å². The Hall–Kier alpha value is -2.74. The molecule has 1 N–H and O–H groups in total. The molecule has 3 aromatic heterocycles. The minimum absolute atomic E-state index is 0.0861. The number of hydrogen-bond acceptors (Lipinski definition) is 6. The monoisotopic (exact) mass is 340 g/mol. The van der Waals surface area contributed by atoms with Crippen molar-refractivity contribution in [2.75, 3.05) is 11.9 Å². The first kappa shape index (κ1) is 14.8. The lowest BCUT2D eigenvalue weighted by Gasteiger charge is -2.27. The van der Waals surface area contributed by atoms with Gasteiger partial charge in [-0.25, -0.2) is 4.98 Å². The fourth-order valence-corrected chi connectivity index (χ4v) is 3.36. The molecule has 0 fully saturated rings. The molecule has 4 rings (SSSR count). The summed E-state index contributed by atoms with van der Waals surface area (Å²) in [6, 6.07) is 3.91. The van der Waals surface area contributed by atoms with Gasteiger partial charge in [-0.3, -0.25) is 14.5 Å². The number of nitrogens with zero attached hydrogens (tertiary/aromatic N) is 5. The highest BCUT2D eigenvalue weighted by Crippen LogP contribution is 2.18. The van der Waals surface area contributed by atoms with Gasteiger partial charge in [-0.2, -0.15) is 16.4 Å². The van der Waals surface area contributed by atoms with E-state index in [1.165, 1.54) is 0 Å². The molecule has 24 heavy (non-hydrogen) atoms. The van der Waals surface area contributed by atoms with E-state index >= 15 is 0 Å². The van der Waals surface area contributed by atoms with E-state index in [4.69, 9.17) is 0 Å². The lowest BCUT2D eigenvalue weighted by molar-refractivity contribution is 0.0706. The molecule has 7 nitrogen and oxygen atoms in total. The molecule has 122 valence electrons. The van der Waals surface area contributed by atoms with Crippen LogP contribution >= 0.6 is 11.3 Å². The second-order valence-corrected chi connectivity index (χ2v) is 6.31. The van der Waals surface area contributed by atoms with Gasteiger partial charge in [-0.05, 0) is 17.5 Å². The van der Waals surface area contributed by atoms with Crippen molar-refractivity contribution in [2.45, 2.75) is 19.6 Å². The number of aromatic nitrogens is 4. The van der Waals surface area contributed by atoms with Gasteiger partial charge < -0.3 is 10.2 Å². The Morgan fingerprint density at radius 3 is 3.08 bits per heavy atom. The van der Waals surface area contributed by atoms with Crippen LogP contribution < -0.4 is 5.32 Å². The van der Waals surface area contributed by atoms with Crippen molar-refractivity contribution in [1.29, 1.82) is 0 Å². The lowest BCUT2D eigenvalue weighted by Crippen LogP contribution is -2.38. The van der Waals surface area contributed by atoms with Crippen molar-refractivity contribution in [1.82, 2.24) is 24.6 Å². The molecular weight excluding hydrogens is 324 g/mol. The third kappa shape index (κ3) is 3.00. The molecule has 0 unspecified atom stereocenters. The zero-order chi connectivity index (χ0) is 16.4. The maximum absolute atomic E-state index is 12.5. The molecule has 1 aliphatic rings. The first-order valence-corrected chi connectivity index (χ1v) is 8.61. The number of carbonyl (C=O) groups is 1. The average Bonchev–Trinajstić information content (AvgIpc) is 3.29. The highest BCUT2D eigenvalue weighted by atomic mass is 32.1. The van der Waals surface area contributed by atoms with Gasteiger partial charge in [0.15, 0.2) is 0 Å². The standard InChI is InChI=1S/C16H16N6OS/c23-16(12-1-6-24-11-12)21-4-5-22-14(10-21)7-13(20-22)8-19-15-9-17-2-3-18-15/h1-3,6-7,9,11H,4-5,8,10H2,(H,18,19). The number of amides is 1. The predicted octanol–water partition coefficient (Wildman–Crippen LogP) is 2.00. The highest BCUT2D eigenvalue weighted by Gasteiger charge is 2.23. The second kappa shape index (κ2) is 6.40. The number of carbonyl (C=O) groups excluding carboxylic acids is 1. The van der Waals surface area contributed by atoms with Gasteiger partial charge in [0.05, 0.1) is 42.8 Å². The van der Waals surface area contributed by atoms with E-state index in [0.29, 0.717) is 19.6 Å².